The fraction of sp³-hybridized carbons (Fsp3) is 0.611. The van der Waals surface area contributed by atoms with Gasteiger partial charge in [-0.25, -0.2) is 4.79 Å². The molecule has 4 rings (SSSR count). The van der Waals surface area contributed by atoms with Gasteiger partial charge in [0.15, 0.2) is 0 Å². The second kappa shape index (κ2) is 6.30. The number of carbonyl (C=O) groups is 1. The van der Waals surface area contributed by atoms with Crippen molar-refractivity contribution in [1.29, 1.82) is 0 Å². The summed E-state index contributed by atoms with van der Waals surface area (Å²) in [4.78, 5) is 12.0. The Kier molecular flexibility index (Phi) is 4.02. The highest BCUT2D eigenvalue weighted by atomic mass is 16.5. The average Bonchev–Trinajstić information content (AvgIpc) is 3.26. The summed E-state index contributed by atoms with van der Waals surface area (Å²) < 4.78 is 11.6. The first-order valence-corrected chi connectivity index (χ1v) is 8.79. The summed E-state index contributed by atoms with van der Waals surface area (Å²) in [7, 11) is 0. The third kappa shape index (κ3) is 2.96. The van der Waals surface area contributed by atoms with Crippen LogP contribution in [0.25, 0.3) is 0 Å². The maximum atomic E-state index is 12.0. The molecule has 2 aliphatic heterocycles. The molecular weight excluding hydrogens is 292 g/mol. The van der Waals surface area contributed by atoms with Gasteiger partial charge in [0, 0.05) is 42.1 Å². The van der Waals surface area contributed by atoms with Gasteiger partial charge >= 0.3 is 6.03 Å². The second-order valence-electron chi connectivity index (χ2n) is 6.65. The van der Waals surface area contributed by atoms with Crippen LogP contribution in [0.5, 0.6) is 11.5 Å². The van der Waals surface area contributed by atoms with Gasteiger partial charge in [0.05, 0.1) is 13.2 Å². The van der Waals surface area contributed by atoms with E-state index < -0.39 is 0 Å². The van der Waals surface area contributed by atoms with Crippen molar-refractivity contribution in [2.75, 3.05) is 19.8 Å². The van der Waals surface area contributed by atoms with Crippen molar-refractivity contribution in [2.45, 2.75) is 51.0 Å². The van der Waals surface area contributed by atoms with Crippen LogP contribution < -0.4 is 20.1 Å². The Balaban J connectivity index is 1.38. The lowest BCUT2D eigenvalue weighted by Gasteiger charge is -2.15. The van der Waals surface area contributed by atoms with Crippen LogP contribution in [0.2, 0.25) is 0 Å². The maximum Gasteiger partial charge on any atom is 0.315 e. The Labute approximate surface area is 136 Å². The molecule has 2 heterocycles. The molecule has 1 fully saturated rings. The van der Waals surface area contributed by atoms with Crippen molar-refractivity contribution >= 4 is 6.03 Å². The van der Waals surface area contributed by atoms with Crippen molar-refractivity contribution in [1.82, 2.24) is 10.6 Å². The Hall–Kier alpha value is -1.91. The summed E-state index contributed by atoms with van der Waals surface area (Å²) >= 11 is 0. The maximum absolute atomic E-state index is 12.0. The van der Waals surface area contributed by atoms with E-state index in [0.29, 0.717) is 12.6 Å². The standard InChI is InChI=1S/C18H24N2O3/c21-18(20-13-3-1-2-4-13)19-8-5-15-14-7-10-22-16(14)11-12-6-9-23-17(12)15/h11,13H,1-10H2,(H2,19,20,21). The zero-order valence-corrected chi connectivity index (χ0v) is 13.5. The first-order chi connectivity index (χ1) is 11.3. The molecule has 0 saturated heterocycles. The number of nitrogens with one attached hydrogen (secondary N) is 2. The zero-order valence-electron chi connectivity index (χ0n) is 13.5. The van der Waals surface area contributed by atoms with E-state index in [1.54, 1.807) is 0 Å². The molecule has 124 valence electrons. The SMILES string of the molecule is O=C(NCCc1c2c(cc3c1OCC3)OCC2)NC1CCCC1. The van der Waals surface area contributed by atoms with E-state index in [2.05, 4.69) is 16.7 Å². The largest absolute Gasteiger partial charge is 0.493 e. The monoisotopic (exact) mass is 316 g/mol. The lowest BCUT2D eigenvalue weighted by molar-refractivity contribution is 0.237. The molecule has 0 bridgehead atoms. The molecule has 0 atom stereocenters. The number of ether oxygens (including phenoxy) is 2. The first-order valence-electron chi connectivity index (χ1n) is 8.79. The van der Waals surface area contributed by atoms with Crippen molar-refractivity contribution in [3.8, 4) is 11.5 Å². The molecule has 23 heavy (non-hydrogen) atoms. The van der Waals surface area contributed by atoms with Gasteiger partial charge in [-0.2, -0.15) is 0 Å². The van der Waals surface area contributed by atoms with E-state index in [4.69, 9.17) is 9.47 Å². The first kappa shape index (κ1) is 14.7. The van der Waals surface area contributed by atoms with E-state index in [9.17, 15) is 4.79 Å². The van der Waals surface area contributed by atoms with Gasteiger partial charge in [0.1, 0.15) is 11.5 Å². The van der Waals surface area contributed by atoms with E-state index in [0.717, 1.165) is 56.8 Å². The third-order valence-corrected chi connectivity index (χ3v) is 5.11. The number of rotatable bonds is 4. The van der Waals surface area contributed by atoms with Crippen LogP contribution in [-0.4, -0.2) is 31.8 Å². The fourth-order valence-electron chi connectivity index (χ4n) is 3.96. The Morgan fingerprint density at radius 3 is 2.87 bits per heavy atom. The number of amides is 2. The van der Waals surface area contributed by atoms with E-state index in [1.807, 2.05) is 0 Å². The molecule has 3 aliphatic rings. The molecule has 1 aromatic rings. The molecule has 0 unspecified atom stereocenters. The van der Waals surface area contributed by atoms with Crippen molar-refractivity contribution in [2.24, 2.45) is 0 Å². The molecule has 1 aromatic carbocycles. The molecule has 0 aromatic heterocycles. The second-order valence-corrected chi connectivity index (χ2v) is 6.65. The quantitative estimate of drug-likeness (QED) is 0.896. The number of carbonyl (C=O) groups excluding carboxylic acids is 1. The van der Waals surface area contributed by atoms with Gasteiger partial charge < -0.3 is 20.1 Å². The van der Waals surface area contributed by atoms with Crippen LogP contribution in [0, 0.1) is 0 Å². The molecule has 5 nitrogen and oxygen atoms in total. The van der Waals surface area contributed by atoms with Gasteiger partial charge in [-0.3, -0.25) is 0 Å². The minimum Gasteiger partial charge on any atom is -0.493 e. The Morgan fingerprint density at radius 2 is 2.00 bits per heavy atom. The highest BCUT2D eigenvalue weighted by Gasteiger charge is 2.26. The van der Waals surface area contributed by atoms with Gasteiger partial charge in [-0.15, -0.1) is 0 Å². The molecule has 0 spiro atoms. The summed E-state index contributed by atoms with van der Waals surface area (Å²) in [5, 5.41) is 6.06. The molecule has 2 amide bonds. The summed E-state index contributed by atoms with van der Waals surface area (Å²) in [5.74, 6) is 2.05. The number of urea groups is 1. The number of benzene rings is 1. The van der Waals surface area contributed by atoms with Crippen LogP contribution in [0.15, 0.2) is 6.07 Å². The average molecular weight is 316 g/mol. The molecule has 2 N–H and O–H groups in total. The molecule has 0 radical (unpaired) electrons. The third-order valence-electron chi connectivity index (χ3n) is 5.11. The Morgan fingerprint density at radius 1 is 1.17 bits per heavy atom. The van der Waals surface area contributed by atoms with Crippen LogP contribution >= 0.6 is 0 Å². The smallest absolute Gasteiger partial charge is 0.315 e. The minimum absolute atomic E-state index is 0.0432. The molecule has 1 aliphatic carbocycles. The normalized spacial score (nSPS) is 19.0. The molecule has 1 saturated carbocycles. The van der Waals surface area contributed by atoms with E-state index >= 15 is 0 Å². The highest BCUT2D eigenvalue weighted by molar-refractivity contribution is 5.74. The number of hydrogen-bond donors (Lipinski definition) is 2. The van der Waals surface area contributed by atoms with Gasteiger partial charge in [-0.05, 0) is 25.3 Å². The van der Waals surface area contributed by atoms with E-state index in [1.165, 1.54) is 29.5 Å². The van der Waals surface area contributed by atoms with Crippen LogP contribution in [0.3, 0.4) is 0 Å². The predicted molar refractivity (Wildman–Crippen MR) is 87.3 cm³/mol. The highest BCUT2D eigenvalue weighted by Crippen LogP contribution is 2.40. The topological polar surface area (TPSA) is 59.6 Å². The van der Waals surface area contributed by atoms with Crippen molar-refractivity contribution < 1.29 is 14.3 Å². The lowest BCUT2D eigenvalue weighted by atomic mass is 9.97. The van der Waals surface area contributed by atoms with Crippen LogP contribution in [-0.2, 0) is 19.3 Å². The van der Waals surface area contributed by atoms with Gasteiger partial charge in [-0.1, -0.05) is 12.8 Å². The summed E-state index contributed by atoms with van der Waals surface area (Å²) in [5.41, 5.74) is 3.74. The van der Waals surface area contributed by atoms with E-state index in [-0.39, 0.29) is 6.03 Å². The zero-order chi connectivity index (χ0) is 15.6. The van der Waals surface area contributed by atoms with Gasteiger partial charge in [0.25, 0.3) is 0 Å². The summed E-state index contributed by atoms with van der Waals surface area (Å²) in [6.45, 7) is 2.13. The molecular formula is C18H24N2O3. The fourth-order valence-corrected chi connectivity index (χ4v) is 3.96. The van der Waals surface area contributed by atoms with Crippen LogP contribution in [0.1, 0.15) is 42.4 Å². The lowest BCUT2D eigenvalue weighted by Crippen LogP contribution is -2.41. The predicted octanol–water partition coefficient (Wildman–Crippen LogP) is 2.34. The van der Waals surface area contributed by atoms with Gasteiger partial charge in [0.2, 0.25) is 0 Å². The summed E-state index contributed by atoms with van der Waals surface area (Å²) in [6, 6.07) is 2.45. The van der Waals surface area contributed by atoms with Crippen molar-refractivity contribution in [3.63, 3.8) is 0 Å². The minimum atomic E-state index is -0.0432. The molecule has 5 heteroatoms. The van der Waals surface area contributed by atoms with Crippen molar-refractivity contribution in [3.05, 3.63) is 22.8 Å². The Bertz CT molecular complexity index is 577. The number of fused-ring (bicyclic) bond motifs is 2. The van der Waals surface area contributed by atoms with Crippen LogP contribution in [0.4, 0.5) is 4.79 Å². The summed E-state index contributed by atoms with van der Waals surface area (Å²) in [6.07, 6.45) is 7.36. The number of hydrogen-bond acceptors (Lipinski definition) is 3.